The molecule has 2 aromatic rings. The van der Waals surface area contributed by atoms with Crippen molar-refractivity contribution in [2.45, 2.75) is 20.4 Å². The Balaban J connectivity index is 2.03. The second-order valence-corrected chi connectivity index (χ2v) is 3.97. The molecule has 5 nitrogen and oxygen atoms in total. The maximum absolute atomic E-state index is 11.6. The van der Waals surface area contributed by atoms with Crippen LogP contribution in [0.15, 0.2) is 24.4 Å². The summed E-state index contributed by atoms with van der Waals surface area (Å²) in [6, 6.07) is 6.17. The van der Waals surface area contributed by atoms with Crippen molar-refractivity contribution in [3.63, 3.8) is 0 Å². The lowest BCUT2D eigenvalue weighted by Crippen LogP contribution is -2.23. The van der Waals surface area contributed by atoms with Crippen molar-refractivity contribution in [2.75, 3.05) is 0 Å². The lowest BCUT2D eigenvalue weighted by atomic mass is 10.1. The number of nitrogens with one attached hydrogen (secondary N) is 2. The van der Waals surface area contributed by atoms with Gasteiger partial charge >= 0.3 is 0 Å². The van der Waals surface area contributed by atoms with E-state index in [4.69, 9.17) is 0 Å². The van der Waals surface area contributed by atoms with Crippen LogP contribution in [0.4, 0.5) is 0 Å². The molecule has 0 saturated heterocycles. The number of hydrogen-bond acceptors (Lipinski definition) is 3. The summed E-state index contributed by atoms with van der Waals surface area (Å²) in [5, 5.41) is 12.5. The Morgan fingerprint density at radius 3 is 2.94 bits per heavy atom. The van der Waals surface area contributed by atoms with Crippen molar-refractivity contribution in [3.8, 4) is 0 Å². The Bertz CT molecular complexity index is 519. The smallest absolute Gasteiger partial charge is 0.273 e. The molecule has 0 unspecified atom stereocenters. The predicted octanol–water partition coefficient (Wildman–Crippen LogP) is 1.35. The Labute approximate surface area is 99.2 Å². The molecule has 0 aliphatic rings. The lowest BCUT2D eigenvalue weighted by molar-refractivity contribution is 0.0946. The van der Waals surface area contributed by atoms with Crippen LogP contribution < -0.4 is 5.32 Å². The maximum Gasteiger partial charge on any atom is 0.273 e. The number of aromatic nitrogens is 3. The molecule has 0 spiro atoms. The topological polar surface area (TPSA) is 70.7 Å². The summed E-state index contributed by atoms with van der Waals surface area (Å²) >= 11 is 0. The third kappa shape index (κ3) is 2.69. The van der Waals surface area contributed by atoms with Crippen molar-refractivity contribution in [1.82, 2.24) is 20.7 Å². The number of aryl methyl sites for hydroxylation is 2. The van der Waals surface area contributed by atoms with Gasteiger partial charge in [-0.2, -0.15) is 15.4 Å². The highest BCUT2D eigenvalue weighted by Gasteiger charge is 2.08. The summed E-state index contributed by atoms with van der Waals surface area (Å²) in [4.78, 5) is 11.6. The molecule has 0 fully saturated rings. The van der Waals surface area contributed by atoms with E-state index in [2.05, 4.69) is 32.9 Å². The largest absolute Gasteiger partial charge is 0.347 e. The molecule has 1 heterocycles. The number of amides is 1. The van der Waals surface area contributed by atoms with Crippen LogP contribution in [0.5, 0.6) is 0 Å². The van der Waals surface area contributed by atoms with Gasteiger partial charge in [0.25, 0.3) is 5.91 Å². The number of benzene rings is 1. The van der Waals surface area contributed by atoms with E-state index in [9.17, 15) is 4.79 Å². The first-order chi connectivity index (χ1) is 8.16. The number of carbonyl (C=O) groups excluding carboxylic acids is 1. The van der Waals surface area contributed by atoms with Crippen molar-refractivity contribution >= 4 is 5.91 Å². The van der Waals surface area contributed by atoms with E-state index in [1.807, 2.05) is 19.9 Å². The molecule has 1 aromatic carbocycles. The van der Waals surface area contributed by atoms with E-state index in [0.29, 0.717) is 12.2 Å². The van der Waals surface area contributed by atoms with Gasteiger partial charge in [0.1, 0.15) is 0 Å². The van der Waals surface area contributed by atoms with Gasteiger partial charge in [-0.3, -0.25) is 4.79 Å². The molecule has 1 amide bonds. The molecule has 0 aliphatic heterocycles. The van der Waals surface area contributed by atoms with Crippen LogP contribution >= 0.6 is 0 Å². The molecule has 2 rings (SSSR count). The van der Waals surface area contributed by atoms with Crippen LogP contribution in [-0.4, -0.2) is 21.3 Å². The summed E-state index contributed by atoms with van der Waals surface area (Å²) in [7, 11) is 0. The maximum atomic E-state index is 11.6. The molecule has 0 bridgehead atoms. The first-order valence-corrected chi connectivity index (χ1v) is 5.37. The van der Waals surface area contributed by atoms with Gasteiger partial charge in [-0.05, 0) is 25.0 Å². The molecular weight excluding hydrogens is 216 g/mol. The molecule has 5 heteroatoms. The molecule has 88 valence electrons. The Morgan fingerprint density at radius 2 is 2.24 bits per heavy atom. The molecule has 2 N–H and O–H groups in total. The van der Waals surface area contributed by atoms with Crippen molar-refractivity contribution in [1.29, 1.82) is 0 Å². The Kier molecular flexibility index (Phi) is 3.18. The number of carbonyl (C=O) groups is 1. The fraction of sp³-hybridized carbons (Fsp3) is 0.250. The van der Waals surface area contributed by atoms with Gasteiger partial charge in [-0.25, -0.2) is 0 Å². The fourth-order valence-corrected chi connectivity index (χ4v) is 1.57. The molecule has 0 atom stereocenters. The first kappa shape index (κ1) is 11.3. The summed E-state index contributed by atoms with van der Waals surface area (Å²) < 4.78 is 0. The highest BCUT2D eigenvalue weighted by atomic mass is 16.1. The zero-order valence-corrected chi connectivity index (χ0v) is 9.82. The Morgan fingerprint density at radius 1 is 1.41 bits per heavy atom. The van der Waals surface area contributed by atoms with Gasteiger partial charge < -0.3 is 5.32 Å². The average Bonchev–Trinajstić information content (AvgIpc) is 2.83. The van der Waals surface area contributed by atoms with Crippen LogP contribution in [0, 0.1) is 13.8 Å². The number of H-pyrrole nitrogens is 1. The van der Waals surface area contributed by atoms with Gasteiger partial charge in [0.05, 0.1) is 6.20 Å². The van der Waals surface area contributed by atoms with Gasteiger partial charge in [0, 0.05) is 6.54 Å². The van der Waals surface area contributed by atoms with Gasteiger partial charge in [-0.1, -0.05) is 23.8 Å². The van der Waals surface area contributed by atoms with Crippen molar-refractivity contribution in [3.05, 3.63) is 46.8 Å². The third-order valence-electron chi connectivity index (χ3n) is 2.59. The van der Waals surface area contributed by atoms with Gasteiger partial charge in [0.2, 0.25) is 0 Å². The predicted molar refractivity (Wildman–Crippen MR) is 63.5 cm³/mol. The van der Waals surface area contributed by atoms with E-state index in [1.54, 1.807) is 0 Å². The second kappa shape index (κ2) is 4.78. The monoisotopic (exact) mass is 230 g/mol. The van der Waals surface area contributed by atoms with E-state index in [0.717, 1.165) is 11.1 Å². The van der Waals surface area contributed by atoms with Crippen LogP contribution in [0.1, 0.15) is 27.2 Å². The fourth-order valence-electron chi connectivity index (χ4n) is 1.57. The van der Waals surface area contributed by atoms with Crippen LogP contribution in [0.25, 0.3) is 0 Å². The molecule has 0 aliphatic carbocycles. The zero-order chi connectivity index (χ0) is 12.3. The molecule has 0 radical (unpaired) electrons. The zero-order valence-electron chi connectivity index (χ0n) is 9.82. The lowest BCUT2D eigenvalue weighted by Gasteiger charge is -2.07. The van der Waals surface area contributed by atoms with Gasteiger partial charge in [-0.15, -0.1) is 0 Å². The van der Waals surface area contributed by atoms with E-state index in [-0.39, 0.29) is 5.91 Å². The SMILES string of the molecule is Cc1ccc(C)c(CNC(=O)c2cn[nH]n2)c1. The minimum Gasteiger partial charge on any atom is -0.347 e. The first-order valence-electron chi connectivity index (χ1n) is 5.37. The van der Waals surface area contributed by atoms with Crippen LogP contribution in [0.2, 0.25) is 0 Å². The normalized spacial score (nSPS) is 10.2. The minimum atomic E-state index is -0.223. The summed E-state index contributed by atoms with van der Waals surface area (Å²) in [5.41, 5.74) is 3.76. The quantitative estimate of drug-likeness (QED) is 0.836. The number of nitrogens with zero attached hydrogens (tertiary/aromatic N) is 2. The third-order valence-corrected chi connectivity index (χ3v) is 2.59. The number of hydrogen-bond donors (Lipinski definition) is 2. The highest BCUT2D eigenvalue weighted by molar-refractivity contribution is 5.91. The van der Waals surface area contributed by atoms with Crippen LogP contribution in [0.3, 0.4) is 0 Å². The summed E-state index contributed by atoms with van der Waals surface area (Å²) in [6.45, 7) is 4.55. The highest BCUT2D eigenvalue weighted by Crippen LogP contribution is 2.10. The summed E-state index contributed by atoms with van der Waals surface area (Å²) in [5.74, 6) is -0.223. The molecule has 0 saturated carbocycles. The Hall–Kier alpha value is -2.17. The van der Waals surface area contributed by atoms with Crippen LogP contribution in [-0.2, 0) is 6.54 Å². The summed E-state index contributed by atoms with van der Waals surface area (Å²) in [6.07, 6.45) is 1.40. The van der Waals surface area contributed by atoms with Crippen molar-refractivity contribution in [2.24, 2.45) is 0 Å². The molecule has 17 heavy (non-hydrogen) atoms. The average molecular weight is 230 g/mol. The number of rotatable bonds is 3. The second-order valence-electron chi connectivity index (χ2n) is 3.97. The van der Waals surface area contributed by atoms with Crippen molar-refractivity contribution < 1.29 is 4.79 Å². The van der Waals surface area contributed by atoms with E-state index >= 15 is 0 Å². The molecule has 1 aromatic heterocycles. The van der Waals surface area contributed by atoms with E-state index < -0.39 is 0 Å². The molecular formula is C12H14N4O. The number of aromatic amines is 1. The standard InChI is InChI=1S/C12H14N4O/c1-8-3-4-9(2)10(5-8)6-13-12(17)11-7-14-16-15-11/h3-5,7H,6H2,1-2H3,(H,13,17)(H,14,15,16). The van der Waals surface area contributed by atoms with Gasteiger partial charge in [0.15, 0.2) is 5.69 Å². The van der Waals surface area contributed by atoms with E-state index in [1.165, 1.54) is 11.8 Å². The minimum absolute atomic E-state index is 0.223.